The summed E-state index contributed by atoms with van der Waals surface area (Å²) in [6, 6.07) is 16.7. The standard InChI is InChI=1S/C23H24N4O3S/c1-15-21(23(30)27(26(15)2)18-8-4-3-5-9-18)25-20(28)14-31-19-10-6-7-17(13-19)24-22(29)16-11-12-16/h3-10,13,16H,11-12,14H2,1-2H3,(H,24,29)(H,25,28). The number of para-hydroxylation sites is 1. The van der Waals surface area contributed by atoms with E-state index in [1.807, 2.05) is 54.6 Å². The molecule has 2 aromatic carbocycles. The van der Waals surface area contributed by atoms with Gasteiger partial charge in [-0.3, -0.25) is 19.1 Å². The van der Waals surface area contributed by atoms with Gasteiger partial charge in [0.2, 0.25) is 11.8 Å². The Morgan fingerprint density at radius 1 is 1.06 bits per heavy atom. The van der Waals surface area contributed by atoms with Crippen LogP contribution in [-0.2, 0) is 16.6 Å². The second kappa shape index (κ2) is 8.85. The first-order valence-electron chi connectivity index (χ1n) is 10.1. The topological polar surface area (TPSA) is 85.1 Å². The summed E-state index contributed by atoms with van der Waals surface area (Å²) in [6.07, 6.45) is 1.90. The summed E-state index contributed by atoms with van der Waals surface area (Å²) >= 11 is 1.35. The summed E-state index contributed by atoms with van der Waals surface area (Å²) < 4.78 is 3.26. The third-order valence-corrected chi connectivity index (χ3v) is 6.23. The van der Waals surface area contributed by atoms with Gasteiger partial charge in [0, 0.05) is 23.5 Å². The van der Waals surface area contributed by atoms with Gasteiger partial charge in [-0.2, -0.15) is 0 Å². The van der Waals surface area contributed by atoms with Gasteiger partial charge in [-0.15, -0.1) is 11.8 Å². The van der Waals surface area contributed by atoms with Gasteiger partial charge >= 0.3 is 0 Å². The molecule has 1 aliphatic carbocycles. The average molecular weight is 437 g/mol. The molecule has 1 heterocycles. The molecule has 0 radical (unpaired) electrons. The molecule has 160 valence electrons. The van der Waals surface area contributed by atoms with Gasteiger partial charge in [0.15, 0.2) is 0 Å². The number of carbonyl (C=O) groups excluding carboxylic acids is 2. The molecule has 0 atom stereocenters. The maximum atomic E-state index is 12.9. The first kappa shape index (κ1) is 21.0. The van der Waals surface area contributed by atoms with Gasteiger partial charge in [0.25, 0.3) is 5.56 Å². The quantitative estimate of drug-likeness (QED) is 0.555. The summed E-state index contributed by atoms with van der Waals surface area (Å²) in [5, 5.41) is 5.68. The molecule has 2 amide bonds. The monoisotopic (exact) mass is 436 g/mol. The normalized spacial score (nSPS) is 13.1. The Kier molecular flexibility index (Phi) is 5.99. The van der Waals surface area contributed by atoms with Crippen LogP contribution in [0.2, 0.25) is 0 Å². The first-order chi connectivity index (χ1) is 14.9. The summed E-state index contributed by atoms with van der Waals surface area (Å²) in [4.78, 5) is 38.3. The molecule has 0 bridgehead atoms. The number of nitrogens with one attached hydrogen (secondary N) is 2. The van der Waals surface area contributed by atoms with Crippen molar-refractivity contribution in [3.05, 3.63) is 70.6 Å². The van der Waals surface area contributed by atoms with E-state index < -0.39 is 0 Å². The van der Waals surface area contributed by atoms with Crippen LogP contribution in [0.15, 0.2) is 64.3 Å². The summed E-state index contributed by atoms with van der Waals surface area (Å²) in [7, 11) is 1.79. The lowest BCUT2D eigenvalue weighted by molar-refractivity contribution is -0.117. The molecule has 8 heteroatoms. The highest BCUT2D eigenvalue weighted by molar-refractivity contribution is 8.00. The minimum absolute atomic E-state index is 0.0501. The van der Waals surface area contributed by atoms with Crippen LogP contribution < -0.4 is 16.2 Å². The van der Waals surface area contributed by atoms with Gasteiger partial charge in [-0.25, -0.2) is 4.68 Å². The Morgan fingerprint density at radius 3 is 2.52 bits per heavy atom. The molecule has 2 N–H and O–H groups in total. The molecular formula is C23H24N4O3S. The Morgan fingerprint density at radius 2 is 1.81 bits per heavy atom. The number of benzene rings is 2. The Balaban J connectivity index is 1.42. The molecule has 1 saturated carbocycles. The number of aromatic nitrogens is 2. The molecule has 31 heavy (non-hydrogen) atoms. The Bertz CT molecular complexity index is 1180. The molecular weight excluding hydrogens is 412 g/mol. The van der Waals surface area contributed by atoms with E-state index in [0.717, 1.165) is 29.1 Å². The molecule has 7 nitrogen and oxygen atoms in total. The molecule has 1 aromatic heterocycles. The number of carbonyl (C=O) groups is 2. The average Bonchev–Trinajstić information content (AvgIpc) is 3.59. The maximum absolute atomic E-state index is 12.9. The maximum Gasteiger partial charge on any atom is 0.295 e. The van der Waals surface area contributed by atoms with E-state index in [2.05, 4.69) is 10.6 Å². The van der Waals surface area contributed by atoms with Crippen LogP contribution in [0.4, 0.5) is 11.4 Å². The van der Waals surface area contributed by atoms with E-state index in [0.29, 0.717) is 5.69 Å². The molecule has 3 aromatic rings. The predicted octanol–water partition coefficient (Wildman–Crippen LogP) is 3.56. The highest BCUT2D eigenvalue weighted by atomic mass is 32.2. The summed E-state index contributed by atoms with van der Waals surface area (Å²) in [5.41, 5.74) is 2.15. The van der Waals surface area contributed by atoms with Crippen LogP contribution >= 0.6 is 11.8 Å². The van der Waals surface area contributed by atoms with E-state index in [1.54, 1.807) is 18.7 Å². The molecule has 0 saturated heterocycles. The summed E-state index contributed by atoms with van der Waals surface area (Å²) in [6.45, 7) is 1.80. The van der Waals surface area contributed by atoms with Crippen LogP contribution in [0.3, 0.4) is 0 Å². The minimum Gasteiger partial charge on any atom is -0.326 e. The Hall–Kier alpha value is -3.26. The predicted molar refractivity (Wildman–Crippen MR) is 123 cm³/mol. The third kappa shape index (κ3) is 4.74. The van der Waals surface area contributed by atoms with E-state index >= 15 is 0 Å². The van der Waals surface area contributed by atoms with Crippen molar-refractivity contribution in [2.24, 2.45) is 13.0 Å². The van der Waals surface area contributed by atoms with Crippen molar-refractivity contribution in [3.63, 3.8) is 0 Å². The van der Waals surface area contributed by atoms with Crippen LogP contribution in [-0.4, -0.2) is 26.9 Å². The van der Waals surface area contributed by atoms with Gasteiger partial charge in [-0.1, -0.05) is 24.3 Å². The minimum atomic E-state index is -0.269. The SMILES string of the molecule is Cc1c(NC(=O)CSc2cccc(NC(=O)C3CC3)c2)c(=O)n(-c2ccccc2)n1C. The largest absolute Gasteiger partial charge is 0.326 e. The molecule has 1 fully saturated rings. The number of thioether (sulfide) groups is 1. The molecule has 4 rings (SSSR count). The van der Waals surface area contributed by atoms with Crippen molar-refractivity contribution in [1.29, 1.82) is 0 Å². The van der Waals surface area contributed by atoms with Crippen molar-refractivity contribution in [2.75, 3.05) is 16.4 Å². The first-order valence-corrected chi connectivity index (χ1v) is 11.1. The fraction of sp³-hybridized carbons (Fsp3) is 0.261. The van der Waals surface area contributed by atoms with Crippen LogP contribution in [0, 0.1) is 12.8 Å². The number of hydrogen-bond donors (Lipinski definition) is 2. The third-order valence-electron chi connectivity index (χ3n) is 5.24. The van der Waals surface area contributed by atoms with Crippen LogP contribution in [0.5, 0.6) is 0 Å². The van der Waals surface area contributed by atoms with E-state index in [-0.39, 0.29) is 34.7 Å². The number of rotatable bonds is 7. The lowest BCUT2D eigenvalue weighted by Crippen LogP contribution is -2.23. The fourth-order valence-corrected chi connectivity index (χ4v) is 4.05. The number of hydrogen-bond acceptors (Lipinski definition) is 4. The summed E-state index contributed by atoms with van der Waals surface area (Å²) in [5.74, 6) is 0.0766. The molecule has 0 unspecified atom stereocenters. The van der Waals surface area contributed by atoms with Crippen molar-refractivity contribution in [1.82, 2.24) is 9.36 Å². The van der Waals surface area contributed by atoms with Gasteiger partial charge in [-0.05, 0) is 50.1 Å². The van der Waals surface area contributed by atoms with Crippen LogP contribution in [0.1, 0.15) is 18.5 Å². The van der Waals surface area contributed by atoms with Crippen molar-refractivity contribution >= 4 is 35.0 Å². The highest BCUT2D eigenvalue weighted by Crippen LogP contribution is 2.30. The van der Waals surface area contributed by atoms with Crippen molar-refractivity contribution < 1.29 is 9.59 Å². The zero-order chi connectivity index (χ0) is 22.0. The molecule has 1 aliphatic rings. The molecule has 0 spiro atoms. The fourth-order valence-electron chi connectivity index (χ4n) is 3.29. The number of nitrogens with zero attached hydrogens (tertiary/aromatic N) is 2. The second-order valence-corrected chi connectivity index (χ2v) is 8.61. The smallest absolute Gasteiger partial charge is 0.295 e. The van der Waals surface area contributed by atoms with Gasteiger partial charge in [0.05, 0.1) is 17.1 Å². The van der Waals surface area contributed by atoms with Gasteiger partial charge in [0.1, 0.15) is 5.69 Å². The van der Waals surface area contributed by atoms with Crippen molar-refractivity contribution in [3.8, 4) is 5.69 Å². The van der Waals surface area contributed by atoms with E-state index in [4.69, 9.17) is 0 Å². The van der Waals surface area contributed by atoms with Crippen molar-refractivity contribution in [2.45, 2.75) is 24.7 Å². The second-order valence-electron chi connectivity index (χ2n) is 7.56. The van der Waals surface area contributed by atoms with Gasteiger partial charge < -0.3 is 10.6 Å². The zero-order valence-corrected chi connectivity index (χ0v) is 18.2. The lowest BCUT2D eigenvalue weighted by atomic mass is 10.3. The van der Waals surface area contributed by atoms with E-state index in [9.17, 15) is 14.4 Å². The number of anilines is 2. The lowest BCUT2D eigenvalue weighted by Gasteiger charge is -2.07. The molecule has 0 aliphatic heterocycles. The van der Waals surface area contributed by atoms with Crippen LogP contribution in [0.25, 0.3) is 5.69 Å². The highest BCUT2D eigenvalue weighted by Gasteiger charge is 2.29. The Labute approximate surface area is 184 Å². The zero-order valence-electron chi connectivity index (χ0n) is 17.4. The van der Waals surface area contributed by atoms with E-state index in [1.165, 1.54) is 16.4 Å². The number of amides is 2.